The smallest absolute Gasteiger partial charge is 0.229 e. The molecule has 2 aromatic rings. The zero-order chi connectivity index (χ0) is 19.3. The molecule has 2 saturated heterocycles. The maximum absolute atomic E-state index is 12.3. The van der Waals surface area contributed by atoms with Crippen molar-refractivity contribution in [2.24, 2.45) is 5.92 Å². The lowest BCUT2D eigenvalue weighted by molar-refractivity contribution is -0.126. The number of hydrogen-bond acceptors (Lipinski definition) is 6. The molecular weight excluding hydrogens is 356 g/mol. The molecule has 2 amide bonds. The van der Waals surface area contributed by atoms with Gasteiger partial charge in [-0.25, -0.2) is 0 Å². The van der Waals surface area contributed by atoms with E-state index in [9.17, 15) is 9.59 Å². The normalized spacial score (nSPS) is 19.2. The lowest BCUT2D eigenvalue weighted by Crippen LogP contribution is -2.40. The number of nitrogens with one attached hydrogen (secondary N) is 3. The first-order chi connectivity index (χ1) is 13.7. The quantitative estimate of drug-likeness (QED) is 0.736. The highest BCUT2D eigenvalue weighted by Gasteiger charge is 2.24. The number of hydrogen-bond donors (Lipinski definition) is 3. The number of benzene rings is 1. The molecule has 1 atom stereocenters. The topological polar surface area (TPSA) is 99.3 Å². The molecule has 146 valence electrons. The highest BCUT2D eigenvalue weighted by molar-refractivity contribution is 5.94. The van der Waals surface area contributed by atoms with Crippen LogP contribution in [0.3, 0.4) is 0 Å². The zero-order valence-electron chi connectivity index (χ0n) is 15.6. The Kier molecular flexibility index (Phi) is 5.36. The van der Waals surface area contributed by atoms with Crippen molar-refractivity contribution in [3.8, 4) is 0 Å². The van der Waals surface area contributed by atoms with Crippen molar-refractivity contribution < 1.29 is 9.59 Å². The lowest BCUT2D eigenvalue weighted by Gasteiger charge is -2.21. The summed E-state index contributed by atoms with van der Waals surface area (Å²) in [7, 11) is 0. The van der Waals surface area contributed by atoms with E-state index in [-0.39, 0.29) is 17.7 Å². The Labute approximate surface area is 163 Å². The van der Waals surface area contributed by atoms with Crippen LogP contribution in [0.15, 0.2) is 36.5 Å². The Morgan fingerprint density at radius 2 is 1.89 bits per heavy atom. The maximum atomic E-state index is 12.3. The molecule has 0 radical (unpaired) electrons. The fourth-order valence-electron chi connectivity index (χ4n) is 3.55. The van der Waals surface area contributed by atoms with Crippen LogP contribution in [0.2, 0.25) is 0 Å². The van der Waals surface area contributed by atoms with Crippen LogP contribution in [-0.2, 0) is 9.59 Å². The van der Waals surface area contributed by atoms with E-state index in [1.807, 2.05) is 30.3 Å². The number of rotatable bonds is 5. The highest BCUT2D eigenvalue weighted by atomic mass is 16.2. The average molecular weight is 380 g/mol. The van der Waals surface area contributed by atoms with Gasteiger partial charge in [0.25, 0.3) is 0 Å². The number of aromatic nitrogens is 2. The standard InChI is InChI=1S/C20H24N6O2/c27-19-8-3-14(12-21-19)20(28)24-16-6-4-15(5-7-16)23-18-11-17(13-22-25-18)26-9-1-2-10-26/h4-7,11,13-14H,1-3,8-10,12H2,(H,21,27)(H,23,25)(H,24,28). The van der Waals surface area contributed by atoms with E-state index in [4.69, 9.17) is 0 Å². The third-order valence-corrected chi connectivity index (χ3v) is 5.17. The molecule has 1 unspecified atom stereocenters. The Bertz CT molecular complexity index is 838. The van der Waals surface area contributed by atoms with Gasteiger partial charge in [-0.05, 0) is 43.5 Å². The number of anilines is 4. The predicted octanol–water partition coefficient (Wildman–Crippen LogP) is 2.29. The van der Waals surface area contributed by atoms with Gasteiger partial charge in [0, 0.05) is 43.5 Å². The van der Waals surface area contributed by atoms with Gasteiger partial charge in [0.2, 0.25) is 11.8 Å². The summed E-state index contributed by atoms with van der Waals surface area (Å²) in [6.45, 7) is 2.52. The zero-order valence-corrected chi connectivity index (χ0v) is 15.6. The minimum Gasteiger partial charge on any atom is -0.370 e. The number of piperidine rings is 1. The van der Waals surface area contributed by atoms with Gasteiger partial charge in [-0.1, -0.05) is 0 Å². The highest BCUT2D eigenvalue weighted by Crippen LogP contribution is 2.24. The molecule has 0 bridgehead atoms. The third-order valence-electron chi connectivity index (χ3n) is 5.17. The van der Waals surface area contributed by atoms with E-state index in [1.165, 1.54) is 12.8 Å². The molecule has 4 rings (SSSR count). The Balaban J connectivity index is 1.35. The van der Waals surface area contributed by atoms with Crippen LogP contribution < -0.4 is 20.9 Å². The van der Waals surface area contributed by atoms with Gasteiger partial charge in [0.15, 0.2) is 5.82 Å². The summed E-state index contributed by atoms with van der Waals surface area (Å²) >= 11 is 0. The molecule has 2 fully saturated rings. The largest absolute Gasteiger partial charge is 0.370 e. The minimum absolute atomic E-state index is 0.0105. The lowest BCUT2D eigenvalue weighted by atomic mass is 9.98. The second kappa shape index (κ2) is 8.24. The number of carbonyl (C=O) groups excluding carboxylic acids is 2. The molecule has 8 heteroatoms. The molecule has 0 aliphatic carbocycles. The van der Waals surface area contributed by atoms with Crippen LogP contribution in [0.1, 0.15) is 25.7 Å². The average Bonchev–Trinajstić information content (AvgIpc) is 3.25. The van der Waals surface area contributed by atoms with Gasteiger partial charge in [-0.2, -0.15) is 5.10 Å². The van der Waals surface area contributed by atoms with E-state index in [1.54, 1.807) is 6.20 Å². The molecular formula is C20H24N6O2. The minimum atomic E-state index is -0.181. The maximum Gasteiger partial charge on any atom is 0.229 e. The second-order valence-electron chi connectivity index (χ2n) is 7.22. The summed E-state index contributed by atoms with van der Waals surface area (Å²) in [6, 6.07) is 9.48. The molecule has 28 heavy (non-hydrogen) atoms. The fraction of sp³-hybridized carbons (Fsp3) is 0.400. The van der Waals surface area contributed by atoms with E-state index >= 15 is 0 Å². The predicted molar refractivity (Wildman–Crippen MR) is 108 cm³/mol. The van der Waals surface area contributed by atoms with Crippen LogP contribution in [0, 0.1) is 5.92 Å². The fourth-order valence-corrected chi connectivity index (χ4v) is 3.55. The summed E-state index contributed by atoms with van der Waals surface area (Å²) in [5, 5.41) is 17.2. The second-order valence-corrected chi connectivity index (χ2v) is 7.22. The van der Waals surface area contributed by atoms with Crippen LogP contribution >= 0.6 is 0 Å². The van der Waals surface area contributed by atoms with E-state index in [0.717, 1.165) is 30.2 Å². The Morgan fingerprint density at radius 1 is 1.14 bits per heavy atom. The molecule has 2 aliphatic rings. The summed E-state index contributed by atoms with van der Waals surface area (Å²) in [5.41, 5.74) is 2.68. The van der Waals surface area contributed by atoms with Gasteiger partial charge in [-0.3, -0.25) is 9.59 Å². The first kappa shape index (κ1) is 18.2. The van der Waals surface area contributed by atoms with Crippen molar-refractivity contribution >= 4 is 34.7 Å². The molecule has 0 spiro atoms. The van der Waals surface area contributed by atoms with E-state index < -0.39 is 0 Å². The summed E-state index contributed by atoms with van der Waals surface area (Å²) < 4.78 is 0. The van der Waals surface area contributed by atoms with Crippen LogP contribution in [-0.4, -0.2) is 41.6 Å². The van der Waals surface area contributed by atoms with Gasteiger partial charge in [-0.15, -0.1) is 5.10 Å². The molecule has 3 heterocycles. The Hall–Kier alpha value is -3.16. The van der Waals surface area contributed by atoms with Crippen molar-refractivity contribution in [3.63, 3.8) is 0 Å². The summed E-state index contributed by atoms with van der Waals surface area (Å²) in [6.07, 6.45) is 5.21. The van der Waals surface area contributed by atoms with Crippen molar-refractivity contribution in [2.75, 3.05) is 35.2 Å². The molecule has 1 aromatic carbocycles. The summed E-state index contributed by atoms with van der Waals surface area (Å²) in [4.78, 5) is 25.8. The third kappa shape index (κ3) is 4.39. The van der Waals surface area contributed by atoms with Crippen LogP contribution in [0.4, 0.5) is 22.9 Å². The van der Waals surface area contributed by atoms with E-state index in [2.05, 4.69) is 31.0 Å². The monoisotopic (exact) mass is 380 g/mol. The van der Waals surface area contributed by atoms with Crippen molar-refractivity contribution in [3.05, 3.63) is 36.5 Å². The van der Waals surface area contributed by atoms with Crippen molar-refractivity contribution in [2.45, 2.75) is 25.7 Å². The van der Waals surface area contributed by atoms with Crippen molar-refractivity contribution in [1.82, 2.24) is 15.5 Å². The van der Waals surface area contributed by atoms with Crippen LogP contribution in [0.25, 0.3) is 0 Å². The van der Waals surface area contributed by atoms with Gasteiger partial charge in [0.05, 0.1) is 17.8 Å². The molecule has 0 saturated carbocycles. The SMILES string of the molecule is O=C1CCC(C(=O)Nc2ccc(Nc3cc(N4CCCC4)cnn3)cc2)CN1. The number of carbonyl (C=O) groups is 2. The van der Waals surface area contributed by atoms with Crippen molar-refractivity contribution in [1.29, 1.82) is 0 Å². The number of amides is 2. The molecule has 8 nitrogen and oxygen atoms in total. The van der Waals surface area contributed by atoms with Gasteiger partial charge in [0.1, 0.15) is 0 Å². The number of nitrogens with zero attached hydrogens (tertiary/aromatic N) is 3. The van der Waals surface area contributed by atoms with E-state index in [0.29, 0.717) is 25.2 Å². The van der Waals surface area contributed by atoms with Gasteiger partial charge < -0.3 is 20.9 Å². The van der Waals surface area contributed by atoms with Gasteiger partial charge >= 0.3 is 0 Å². The summed E-state index contributed by atoms with van der Waals surface area (Å²) in [5.74, 6) is 0.458. The first-order valence-electron chi connectivity index (χ1n) is 9.70. The molecule has 1 aromatic heterocycles. The van der Waals surface area contributed by atoms with Crippen LogP contribution in [0.5, 0.6) is 0 Å². The first-order valence-corrected chi connectivity index (χ1v) is 9.70. The molecule has 2 aliphatic heterocycles. The Morgan fingerprint density at radius 3 is 2.61 bits per heavy atom. The molecule has 3 N–H and O–H groups in total.